The van der Waals surface area contributed by atoms with Gasteiger partial charge in [0.25, 0.3) is 0 Å². The first-order valence-electron chi connectivity index (χ1n) is 7.69. The van der Waals surface area contributed by atoms with Gasteiger partial charge < -0.3 is 10.2 Å². The molecule has 0 saturated heterocycles. The molecule has 3 rings (SSSR count). The fourth-order valence-electron chi connectivity index (χ4n) is 3.99. The van der Waals surface area contributed by atoms with Gasteiger partial charge in [-0.3, -0.25) is 4.79 Å². The van der Waals surface area contributed by atoms with Gasteiger partial charge in [0.05, 0.1) is 5.69 Å². The van der Waals surface area contributed by atoms with E-state index in [0.717, 1.165) is 6.42 Å². The van der Waals surface area contributed by atoms with Crippen molar-refractivity contribution < 1.29 is 9.21 Å². The average molecular weight is 287 g/mol. The minimum atomic E-state index is -0.617. The summed E-state index contributed by atoms with van der Waals surface area (Å²) in [5, 5.41) is 0. The Balaban J connectivity index is 2.04. The molecule has 2 aliphatic rings. The maximum atomic E-state index is 11.9. The summed E-state index contributed by atoms with van der Waals surface area (Å²) in [7, 11) is 0. The molecule has 1 fully saturated rings. The zero-order chi connectivity index (χ0) is 15.0. The molecule has 0 bridgehead atoms. The van der Waals surface area contributed by atoms with Crippen molar-refractivity contribution in [2.45, 2.75) is 38.5 Å². The van der Waals surface area contributed by atoms with E-state index in [0.29, 0.717) is 29.8 Å². The van der Waals surface area contributed by atoms with E-state index >= 15 is 0 Å². The van der Waals surface area contributed by atoms with Gasteiger partial charge in [-0.15, -0.1) is 0 Å². The number of nitrogen functional groups attached to an aromatic ring is 1. The number of fused-ring (bicyclic) bond motifs is 1. The normalized spacial score (nSPS) is 31.7. The number of carbonyl (C=O) groups is 1. The maximum absolute atomic E-state index is 11.9. The number of carbonyl (C=O) groups excluding carboxylic acids is 1. The second-order valence-corrected chi connectivity index (χ2v) is 6.31. The van der Waals surface area contributed by atoms with Crippen LogP contribution >= 0.6 is 0 Å². The lowest BCUT2D eigenvalue weighted by molar-refractivity contribution is 0.111. The second-order valence-electron chi connectivity index (χ2n) is 6.31. The lowest BCUT2D eigenvalue weighted by atomic mass is 9.64. The number of aldehydes is 1. The molecule has 4 unspecified atom stereocenters. The van der Waals surface area contributed by atoms with Crippen molar-refractivity contribution in [3.63, 3.8) is 0 Å². The zero-order valence-electron chi connectivity index (χ0n) is 12.2. The Morgan fingerprint density at radius 2 is 2.05 bits per heavy atom. The number of rotatable bonds is 2. The van der Waals surface area contributed by atoms with Crippen molar-refractivity contribution in [2.24, 2.45) is 17.8 Å². The molecule has 0 spiro atoms. The van der Waals surface area contributed by atoms with Crippen LogP contribution in [0.1, 0.15) is 54.6 Å². The van der Waals surface area contributed by atoms with Crippen molar-refractivity contribution in [2.75, 3.05) is 5.73 Å². The molecule has 0 aliphatic heterocycles. The summed E-state index contributed by atoms with van der Waals surface area (Å²) in [5.41, 5.74) is 5.38. The molecule has 21 heavy (non-hydrogen) atoms. The third-order valence-electron chi connectivity index (χ3n) is 5.05. The molecule has 4 atom stereocenters. The van der Waals surface area contributed by atoms with Crippen LogP contribution in [-0.4, -0.2) is 6.29 Å². The summed E-state index contributed by atoms with van der Waals surface area (Å²) >= 11 is 0. The molecule has 1 aromatic rings. The van der Waals surface area contributed by atoms with Crippen molar-refractivity contribution in [3.05, 3.63) is 40.0 Å². The minimum Gasteiger partial charge on any atom is -0.427 e. The molecule has 1 aromatic heterocycles. The van der Waals surface area contributed by atoms with Crippen LogP contribution in [0, 0.1) is 17.8 Å². The van der Waals surface area contributed by atoms with Crippen molar-refractivity contribution in [1.29, 1.82) is 0 Å². The van der Waals surface area contributed by atoms with Gasteiger partial charge in [-0.1, -0.05) is 31.9 Å². The number of hydrogen-bond donors (Lipinski definition) is 1. The summed E-state index contributed by atoms with van der Waals surface area (Å²) in [6.45, 7) is 2.15. The average Bonchev–Trinajstić information content (AvgIpc) is 2.46. The van der Waals surface area contributed by atoms with Gasteiger partial charge in [0, 0.05) is 12.0 Å². The molecule has 4 nitrogen and oxygen atoms in total. The van der Waals surface area contributed by atoms with E-state index in [4.69, 9.17) is 10.2 Å². The van der Waals surface area contributed by atoms with Gasteiger partial charge in [0.15, 0.2) is 6.29 Å². The van der Waals surface area contributed by atoms with Crippen LogP contribution in [0.3, 0.4) is 0 Å². The predicted octanol–water partition coefficient (Wildman–Crippen LogP) is 3.13. The van der Waals surface area contributed by atoms with E-state index in [1.807, 2.05) is 0 Å². The Labute approximate surface area is 124 Å². The van der Waals surface area contributed by atoms with E-state index < -0.39 is 5.63 Å². The lowest BCUT2D eigenvalue weighted by Crippen LogP contribution is -2.32. The van der Waals surface area contributed by atoms with E-state index in [1.54, 1.807) is 6.07 Å². The standard InChI is InChI=1S/C17H21NO3/c1-10-6-7-11-4-2-3-5-12(11)16(10)15-8-14(18)13(9-19)17(20)21-15/h6-12,16H,2-5,18H2,1H3. The minimum absolute atomic E-state index is 0.0713. The molecule has 2 N–H and O–H groups in total. The first-order chi connectivity index (χ1) is 10.1. The number of hydrogen-bond acceptors (Lipinski definition) is 4. The fourth-order valence-corrected chi connectivity index (χ4v) is 3.99. The van der Waals surface area contributed by atoms with Crippen LogP contribution in [0.4, 0.5) is 5.69 Å². The van der Waals surface area contributed by atoms with E-state index in [9.17, 15) is 9.59 Å². The highest BCUT2D eigenvalue weighted by atomic mass is 16.4. The van der Waals surface area contributed by atoms with Crippen molar-refractivity contribution in [3.8, 4) is 0 Å². The van der Waals surface area contributed by atoms with Gasteiger partial charge in [0.2, 0.25) is 0 Å². The fraction of sp³-hybridized carbons (Fsp3) is 0.529. The number of anilines is 1. The Bertz CT molecular complexity index is 631. The van der Waals surface area contributed by atoms with E-state index in [1.165, 1.54) is 19.3 Å². The molecule has 112 valence electrons. The summed E-state index contributed by atoms with van der Waals surface area (Å²) < 4.78 is 5.44. The molecule has 1 saturated carbocycles. The highest BCUT2D eigenvalue weighted by Crippen LogP contribution is 2.47. The monoisotopic (exact) mass is 287 g/mol. The van der Waals surface area contributed by atoms with E-state index in [2.05, 4.69) is 19.1 Å². The quantitative estimate of drug-likeness (QED) is 0.670. The lowest BCUT2D eigenvalue weighted by Gasteiger charge is -2.40. The van der Waals surface area contributed by atoms with E-state index in [-0.39, 0.29) is 17.2 Å². The predicted molar refractivity (Wildman–Crippen MR) is 81.3 cm³/mol. The summed E-state index contributed by atoms with van der Waals surface area (Å²) in [6.07, 6.45) is 9.87. The Morgan fingerprint density at radius 1 is 1.29 bits per heavy atom. The third-order valence-corrected chi connectivity index (χ3v) is 5.05. The molecule has 0 radical (unpaired) electrons. The first kappa shape index (κ1) is 14.1. The molecular formula is C17H21NO3. The highest BCUT2D eigenvalue weighted by molar-refractivity contribution is 5.82. The Kier molecular flexibility index (Phi) is 3.70. The highest BCUT2D eigenvalue weighted by Gasteiger charge is 2.38. The maximum Gasteiger partial charge on any atom is 0.348 e. The van der Waals surface area contributed by atoms with Gasteiger partial charge in [-0.05, 0) is 30.6 Å². The Morgan fingerprint density at radius 3 is 2.76 bits per heavy atom. The van der Waals surface area contributed by atoms with Gasteiger partial charge in [-0.25, -0.2) is 4.79 Å². The number of nitrogens with two attached hydrogens (primary N) is 1. The molecule has 0 aromatic carbocycles. The topological polar surface area (TPSA) is 73.3 Å². The second kappa shape index (κ2) is 5.51. The molecule has 1 heterocycles. The molecule has 0 amide bonds. The van der Waals surface area contributed by atoms with Crippen LogP contribution in [0.2, 0.25) is 0 Å². The van der Waals surface area contributed by atoms with Crippen molar-refractivity contribution >= 4 is 12.0 Å². The summed E-state index contributed by atoms with van der Waals surface area (Å²) in [4.78, 5) is 22.8. The van der Waals surface area contributed by atoms with Crippen LogP contribution in [0.5, 0.6) is 0 Å². The van der Waals surface area contributed by atoms with Gasteiger partial charge in [-0.2, -0.15) is 0 Å². The zero-order valence-corrected chi connectivity index (χ0v) is 12.2. The van der Waals surface area contributed by atoms with Crippen LogP contribution in [-0.2, 0) is 0 Å². The van der Waals surface area contributed by atoms with Gasteiger partial charge in [0.1, 0.15) is 11.3 Å². The van der Waals surface area contributed by atoms with Crippen LogP contribution in [0.15, 0.2) is 27.4 Å². The van der Waals surface area contributed by atoms with Crippen molar-refractivity contribution in [1.82, 2.24) is 0 Å². The van der Waals surface area contributed by atoms with Gasteiger partial charge >= 0.3 is 5.63 Å². The Hall–Kier alpha value is -1.84. The molecule has 4 heteroatoms. The summed E-state index contributed by atoms with van der Waals surface area (Å²) in [5.74, 6) is 2.20. The smallest absolute Gasteiger partial charge is 0.348 e. The SMILES string of the molecule is CC1C=CC2CCCCC2C1c1cc(N)c(C=O)c(=O)o1. The van der Waals surface area contributed by atoms with Crippen LogP contribution < -0.4 is 11.4 Å². The summed E-state index contributed by atoms with van der Waals surface area (Å²) in [6, 6.07) is 1.68. The molecular weight excluding hydrogens is 266 g/mol. The first-order valence-corrected chi connectivity index (χ1v) is 7.69. The van der Waals surface area contributed by atoms with Crippen LogP contribution in [0.25, 0.3) is 0 Å². The molecule has 2 aliphatic carbocycles. The largest absolute Gasteiger partial charge is 0.427 e. The third kappa shape index (κ3) is 2.43. The number of allylic oxidation sites excluding steroid dienone is 2.